The average Bonchev–Trinajstić information content (AvgIpc) is 2.62. The van der Waals surface area contributed by atoms with Crippen LogP contribution in [0.2, 0.25) is 5.02 Å². The van der Waals surface area contributed by atoms with E-state index in [0.29, 0.717) is 16.5 Å². The highest BCUT2D eigenvalue weighted by atomic mass is 35.5. The van der Waals surface area contributed by atoms with Crippen molar-refractivity contribution in [3.63, 3.8) is 0 Å². The standard InChI is InChI=1S/C13H15ClN4O2/c1-7-12(14)10(18(2)17-7)6-20-11-4-3-8(15)5-9(11)13(16)19/h3-5H,6,15H2,1-2H3,(H2,16,19). The summed E-state index contributed by atoms with van der Waals surface area (Å²) in [6.45, 7) is 1.99. The van der Waals surface area contributed by atoms with E-state index in [1.165, 1.54) is 6.07 Å². The number of anilines is 1. The Hall–Kier alpha value is -2.21. The van der Waals surface area contributed by atoms with Crippen LogP contribution in [0.3, 0.4) is 0 Å². The number of hydrogen-bond donors (Lipinski definition) is 2. The quantitative estimate of drug-likeness (QED) is 0.838. The van der Waals surface area contributed by atoms with Gasteiger partial charge in [0, 0.05) is 12.7 Å². The molecule has 0 saturated heterocycles. The smallest absolute Gasteiger partial charge is 0.252 e. The zero-order chi connectivity index (χ0) is 14.9. The number of primary amides is 1. The highest BCUT2D eigenvalue weighted by Crippen LogP contribution is 2.25. The summed E-state index contributed by atoms with van der Waals surface area (Å²) in [6, 6.07) is 4.72. The summed E-state index contributed by atoms with van der Waals surface area (Å²) in [5, 5.41) is 4.73. The fraction of sp³-hybridized carbons (Fsp3) is 0.231. The predicted octanol–water partition coefficient (Wildman–Crippen LogP) is 1.64. The molecule has 1 aromatic carbocycles. The first-order valence-corrected chi connectivity index (χ1v) is 6.28. The number of carbonyl (C=O) groups excluding carboxylic acids is 1. The van der Waals surface area contributed by atoms with Crippen molar-refractivity contribution in [3.05, 3.63) is 40.2 Å². The van der Waals surface area contributed by atoms with E-state index in [1.54, 1.807) is 23.9 Å². The fourth-order valence-corrected chi connectivity index (χ4v) is 2.06. The average molecular weight is 295 g/mol. The molecule has 20 heavy (non-hydrogen) atoms. The van der Waals surface area contributed by atoms with Gasteiger partial charge in [-0.05, 0) is 25.1 Å². The first kappa shape index (κ1) is 14.2. The summed E-state index contributed by atoms with van der Waals surface area (Å²) >= 11 is 6.13. The Labute approximate surface area is 121 Å². The second kappa shape index (κ2) is 5.42. The number of nitrogens with two attached hydrogens (primary N) is 2. The summed E-state index contributed by atoms with van der Waals surface area (Å²) in [5.74, 6) is -0.235. The van der Waals surface area contributed by atoms with Crippen molar-refractivity contribution in [2.75, 3.05) is 5.73 Å². The summed E-state index contributed by atoms with van der Waals surface area (Å²) < 4.78 is 7.25. The molecule has 7 heteroatoms. The molecule has 0 bridgehead atoms. The molecule has 0 aliphatic heterocycles. The molecule has 0 fully saturated rings. The minimum atomic E-state index is -0.598. The van der Waals surface area contributed by atoms with Crippen molar-refractivity contribution in [1.29, 1.82) is 0 Å². The van der Waals surface area contributed by atoms with Crippen LogP contribution >= 0.6 is 11.6 Å². The number of rotatable bonds is 4. The van der Waals surface area contributed by atoms with Gasteiger partial charge in [-0.1, -0.05) is 11.6 Å². The number of benzene rings is 1. The molecule has 4 N–H and O–H groups in total. The summed E-state index contributed by atoms with van der Waals surface area (Å²) in [5.41, 5.74) is 13.0. The maximum atomic E-state index is 11.4. The Morgan fingerprint density at radius 3 is 2.75 bits per heavy atom. The third kappa shape index (κ3) is 2.70. The van der Waals surface area contributed by atoms with Gasteiger partial charge >= 0.3 is 0 Å². The van der Waals surface area contributed by atoms with Crippen LogP contribution in [0, 0.1) is 6.92 Å². The third-order valence-electron chi connectivity index (χ3n) is 2.90. The van der Waals surface area contributed by atoms with Gasteiger partial charge < -0.3 is 16.2 Å². The number of aromatic nitrogens is 2. The first-order valence-electron chi connectivity index (χ1n) is 5.90. The highest BCUT2D eigenvalue weighted by Gasteiger charge is 2.14. The van der Waals surface area contributed by atoms with Gasteiger partial charge in [0.2, 0.25) is 0 Å². The van der Waals surface area contributed by atoms with Crippen LogP contribution in [-0.2, 0) is 13.7 Å². The lowest BCUT2D eigenvalue weighted by Gasteiger charge is -2.10. The van der Waals surface area contributed by atoms with Gasteiger partial charge in [0.1, 0.15) is 12.4 Å². The van der Waals surface area contributed by atoms with Crippen LogP contribution in [0.25, 0.3) is 0 Å². The molecule has 0 saturated carbocycles. The zero-order valence-electron chi connectivity index (χ0n) is 11.2. The lowest BCUT2D eigenvalue weighted by Crippen LogP contribution is -2.14. The molecular weight excluding hydrogens is 280 g/mol. The zero-order valence-corrected chi connectivity index (χ0v) is 11.9. The Kier molecular flexibility index (Phi) is 3.85. The molecule has 0 unspecified atom stereocenters. The molecule has 1 aromatic heterocycles. The van der Waals surface area contributed by atoms with Crippen molar-refractivity contribution in [1.82, 2.24) is 9.78 Å². The molecule has 106 valence electrons. The largest absolute Gasteiger partial charge is 0.486 e. The van der Waals surface area contributed by atoms with Crippen LogP contribution in [-0.4, -0.2) is 15.7 Å². The van der Waals surface area contributed by atoms with Gasteiger partial charge in [-0.2, -0.15) is 5.10 Å². The van der Waals surface area contributed by atoms with E-state index in [-0.39, 0.29) is 12.2 Å². The minimum Gasteiger partial charge on any atom is -0.486 e. The number of nitrogens with zero attached hydrogens (tertiary/aromatic N) is 2. The summed E-state index contributed by atoms with van der Waals surface area (Å²) in [4.78, 5) is 11.4. The molecule has 1 heterocycles. The molecule has 0 aliphatic rings. The maximum Gasteiger partial charge on any atom is 0.252 e. The predicted molar refractivity (Wildman–Crippen MR) is 76.7 cm³/mol. The van der Waals surface area contributed by atoms with Gasteiger partial charge in [-0.3, -0.25) is 9.48 Å². The second-order valence-electron chi connectivity index (χ2n) is 4.38. The number of hydrogen-bond acceptors (Lipinski definition) is 4. The SMILES string of the molecule is Cc1nn(C)c(COc2ccc(N)cc2C(N)=O)c1Cl. The van der Waals surface area contributed by atoms with E-state index in [1.807, 2.05) is 6.92 Å². The number of amides is 1. The van der Waals surface area contributed by atoms with Gasteiger partial charge in [-0.25, -0.2) is 0 Å². The highest BCUT2D eigenvalue weighted by molar-refractivity contribution is 6.31. The van der Waals surface area contributed by atoms with Crippen molar-refractivity contribution >= 4 is 23.2 Å². The van der Waals surface area contributed by atoms with E-state index < -0.39 is 5.91 Å². The van der Waals surface area contributed by atoms with E-state index in [0.717, 1.165) is 11.4 Å². The topological polar surface area (TPSA) is 96.2 Å². The lowest BCUT2D eigenvalue weighted by molar-refractivity contribution is 0.0996. The number of nitrogen functional groups attached to an aromatic ring is 1. The van der Waals surface area contributed by atoms with Crippen molar-refractivity contribution in [2.45, 2.75) is 13.5 Å². The van der Waals surface area contributed by atoms with E-state index in [9.17, 15) is 4.79 Å². The van der Waals surface area contributed by atoms with Crippen LogP contribution < -0.4 is 16.2 Å². The number of halogens is 1. The molecule has 6 nitrogen and oxygen atoms in total. The Balaban J connectivity index is 2.25. The lowest BCUT2D eigenvalue weighted by atomic mass is 10.1. The first-order chi connectivity index (χ1) is 9.40. The van der Waals surface area contributed by atoms with Crippen LogP contribution in [0.5, 0.6) is 5.75 Å². The van der Waals surface area contributed by atoms with E-state index in [4.69, 9.17) is 27.8 Å². The van der Waals surface area contributed by atoms with Crippen LogP contribution in [0.15, 0.2) is 18.2 Å². The molecule has 2 aromatic rings. The van der Waals surface area contributed by atoms with Crippen LogP contribution in [0.1, 0.15) is 21.7 Å². The van der Waals surface area contributed by atoms with Gasteiger partial charge in [0.25, 0.3) is 5.91 Å². The monoisotopic (exact) mass is 294 g/mol. The van der Waals surface area contributed by atoms with Crippen LogP contribution in [0.4, 0.5) is 5.69 Å². The molecule has 0 atom stereocenters. The maximum absolute atomic E-state index is 11.4. The molecular formula is C13H15ClN4O2. The summed E-state index contributed by atoms with van der Waals surface area (Å²) in [7, 11) is 1.77. The normalized spacial score (nSPS) is 10.6. The Bertz CT molecular complexity index is 667. The molecule has 0 aliphatic carbocycles. The number of aryl methyl sites for hydroxylation is 2. The van der Waals surface area contributed by atoms with Crippen molar-refractivity contribution < 1.29 is 9.53 Å². The number of ether oxygens (including phenoxy) is 1. The van der Waals surface area contributed by atoms with E-state index in [2.05, 4.69) is 5.10 Å². The second-order valence-corrected chi connectivity index (χ2v) is 4.76. The Morgan fingerprint density at radius 2 is 2.20 bits per heavy atom. The fourth-order valence-electron chi connectivity index (χ4n) is 1.85. The van der Waals surface area contributed by atoms with E-state index >= 15 is 0 Å². The molecule has 2 rings (SSSR count). The Morgan fingerprint density at radius 1 is 1.50 bits per heavy atom. The van der Waals surface area contributed by atoms with Gasteiger partial charge in [0.05, 0.1) is 22.0 Å². The molecule has 1 amide bonds. The summed E-state index contributed by atoms with van der Waals surface area (Å²) in [6.07, 6.45) is 0. The van der Waals surface area contributed by atoms with Crippen molar-refractivity contribution in [2.24, 2.45) is 12.8 Å². The van der Waals surface area contributed by atoms with Gasteiger partial charge in [-0.15, -0.1) is 0 Å². The van der Waals surface area contributed by atoms with Gasteiger partial charge in [0.15, 0.2) is 0 Å². The molecule has 0 radical (unpaired) electrons. The number of carbonyl (C=O) groups is 1. The molecule has 0 spiro atoms. The minimum absolute atomic E-state index is 0.181. The third-order valence-corrected chi connectivity index (χ3v) is 3.39. The van der Waals surface area contributed by atoms with Crippen molar-refractivity contribution in [3.8, 4) is 5.75 Å².